The topological polar surface area (TPSA) is 21.3 Å². The third-order valence-corrected chi connectivity index (χ3v) is 4.89. The molecule has 0 spiro atoms. The average Bonchev–Trinajstić information content (AvgIpc) is 2.52. The van der Waals surface area contributed by atoms with Crippen LogP contribution in [0.1, 0.15) is 98.3 Å². The summed E-state index contributed by atoms with van der Waals surface area (Å²) in [7, 11) is 1.86. The van der Waals surface area contributed by atoms with Crippen molar-refractivity contribution in [1.29, 1.82) is 0 Å². The molecule has 0 saturated carbocycles. The van der Waals surface area contributed by atoms with E-state index in [4.69, 9.17) is 4.74 Å². The predicted octanol–water partition coefficient (Wildman–Crippen LogP) is 5.70. The van der Waals surface area contributed by atoms with E-state index in [-0.39, 0.29) is 5.60 Å². The van der Waals surface area contributed by atoms with Gasteiger partial charge in [0, 0.05) is 13.2 Å². The van der Waals surface area contributed by atoms with Crippen LogP contribution in [0.3, 0.4) is 0 Å². The van der Waals surface area contributed by atoms with Crippen LogP contribution >= 0.6 is 0 Å². The van der Waals surface area contributed by atoms with Crippen LogP contribution in [0.15, 0.2) is 0 Å². The van der Waals surface area contributed by atoms with Crippen LogP contribution in [0.25, 0.3) is 0 Å². The van der Waals surface area contributed by atoms with Gasteiger partial charge in [0.2, 0.25) is 0 Å². The molecule has 2 heteroatoms. The standard InChI is InChI=1S/C19H41NO/c1-6-9-10-11-12-13-14-15-16-18(20-17-7-2)19(4,8-3)21-5/h18,20H,6-17H2,1-5H3. The van der Waals surface area contributed by atoms with Crippen LogP contribution in [-0.2, 0) is 4.74 Å². The van der Waals surface area contributed by atoms with Gasteiger partial charge in [-0.15, -0.1) is 0 Å². The molecule has 0 aliphatic rings. The summed E-state index contributed by atoms with van der Waals surface area (Å²) in [6.07, 6.45) is 14.6. The molecule has 0 radical (unpaired) electrons. The Kier molecular flexibility index (Phi) is 13.5. The van der Waals surface area contributed by atoms with E-state index in [0.717, 1.165) is 13.0 Å². The molecule has 1 N–H and O–H groups in total. The average molecular weight is 300 g/mol. The number of hydrogen-bond donors (Lipinski definition) is 1. The molecule has 0 amide bonds. The van der Waals surface area contributed by atoms with Crippen molar-refractivity contribution in [3.63, 3.8) is 0 Å². The van der Waals surface area contributed by atoms with Crippen molar-refractivity contribution in [3.05, 3.63) is 0 Å². The summed E-state index contributed by atoms with van der Waals surface area (Å²) in [5.74, 6) is 0. The summed E-state index contributed by atoms with van der Waals surface area (Å²) in [5.41, 5.74) is -0.0176. The Morgan fingerprint density at radius 3 is 1.90 bits per heavy atom. The normalized spacial score (nSPS) is 15.9. The van der Waals surface area contributed by atoms with Crippen LogP contribution < -0.4 is 5.32 Å². The van der Waals surface area contributed by atoms with E-state index in [1.165, 1.54) is 64.2 Å². The number of unbranched alkanes of at least 4 members (excludes halogenated alkanes) is 7. The van der Waals surface area contributed by atoms with Gasteiger partial charge in [0.05, 0.1) is 5.60 Å². The van der Waals surface area contributed by atoms with Gasteiger partial charge in [-0.3, -0.25) is 0 Å². The Labute approximate surface area is 134 Å². The van der Waals surface area contributed by atoms with E-state index in [1.54, 1.807) is 0 Å². The third-order valence-electron chi connectivity index (χ3n) is 4.89. The summed E-state index contributed by atoms with van der Waals surface area (Å²) >= 11 is 0. The minimum atomic E-state index is -0.0176. The lowest BCUT2D eigenvalue weighted by Crippen LogP contribution is -2.50. The van der Waals surface area contributed by atoms with E-state index in [2.05, 4.69) is 33.0 Å². The molecule has 21 heavy (non-hydrogen) atoms. The van der Waals surface area contributed by atoms with Gasteiger partial charge in [0.25, 0.3) is 0 Å². The quantitative estimate of drug-likeness (QED) is 0.392. The molecular weight excluding hydrogens is 258 g/mol. The number of rotatable bonds is 15. The van der Waals surface area contributed by atoms with E-state index >= 15 is 0 Å². The molecule has 0 aromatic heterocycles. The Morgan fingerprint density at radius 1 is 0.857 bits per heavy atom. The number of nitrogens with one attached hydrogen (secondary N) is 1. The Bertz CT molecular complexity index is 214. The maximum atomic E-state index is 5.81. The van der Waals surface area contributed by atoms with Crippen LogP contribution in [0, 0.1) is 0 Å². The van der Waals surface area contributed by atoms with Gasteiger partial charge < -0.3 is 10.1 Å². The maximum Gasteiger partial charge on any atom is 0.0800 e. The van der Waals surface area contributed by atoms with Gasteiger partial charge in [-0.1, -0.05) is 72.1 Å². The van der Waals surface area contributed by atoms with Crippen molar-refractivity contribution in [2.24, 2.45) is 0 Å². The van der Waals surface area contributed by atoms with Crippen LogP contribution in [0.2, 0.25) is 0 Å². The highest BCUT2D eigenvalue weighted by Gasteiger charge is 2.31. The SMILES string of the molecule is CCCCCCCCCCC(NCCC)C(C)(CC)OC. The lowest BCUT2D eigenvalue weighted by atomic mass is 9.88. The minimum Gasteiger partial charge on any atom is -0.377 e. The van der Waals surface area contributed by atoms with Gasteiger partial charge in [-0.2, -0.15) is 0 Å². The van der Waals surface area contributed by atoms with Crippen LogP contribution in [0.4, 0.5) is 0 Å². The lowest BCUT2D eigenvalue weighted by molar-refractivity contribution is -0.0316. The van der Waals surface area contributed by atoms with E-state index in [9.17, 15) is 0 Å². The highest BCUT2D eigenvalue weighted by atomic mass is 16.5. The highest BCUT2D eigenvalue weighted by Crippen LogP contribution is 2.24. The molecule has 0 aliphatic carbocycles. The zero-order valence-electron chi connectivity index (χ0n) is 15.5. The first-order chi connectivity index (χ1) is 10.1. The minimum absolute atomic E-state index is 0.0176. The zero-order chi connectivity index (χ0) is 16.0. The second kappa shape index (κ2) is 13.6. The van der Waals surface area contributed by atoms with Gasteiger partial charge >= 0.3 is 0 Å². The largest absolute Gasteiger partial charge is 0.377 e. The predicted molar refractivity (Wildman–Crippen MR) is 95.0 cm³/mol. The first-order valence-corrected chi connectivity index (χ1v) is 9.43. The van der Waals surface area contributed by atoms with Crippen LogP contribution in [-0.4, -0.2) is 25.3 Å². The van der Waals surface area contributed by atoms with Gasteiger partial charge in [-0.05, 0) is 32.7 Å². The second-order valence-corrected chi connectivity index (χ2v) is 6.64. The molecular formula is C19H41NO. The molecule has 0 bridgehead atoms. The van der Waals surface area contributed by atoms with Crippen LogP contribution in [0.5, 0.6) is 0 Å². The summed E-state index contributed by atoms with van der Waals surface area (Å²) in [5, 5.41) is 3.71. The van der Waals surface area contributed by atoms with Crippen molar-refractivity contribution < 1.29 is 4.74 Å². The van der Waals surface area contributed by atoms with Crippen molar-refractivity contribution in [1.82, 2.24) is 5.32 Å². The van der Waals surface area contributed by atoms with Crippen molar-refractivity contribution in [3.8, 4) is 0 Å². The summed E-state index contributed by atoms with van der Waals surface area (Å²) in [6.45, 7) is 10.1. The van der Waals surface area contributed by atoms with E-state index in [1.807, 2.05) is 7.11 Å². The first-order valence-electron chi connectivity index (χ1n) is 9.43. The molecule has 2 unspecified atom stereocenters. The molecule has 2 nitrogen and oxygen atoms in total. The van der Waals surface area contributed by atoms with E-state index in [0.29, 0.717) is 6.04 Å². The second-order valence-electron chi connectivity index (χ2n) is 6.64. The molecule has 0 fully saturated rings. The summed E-state index contributed by atoms with van der Waals surface area (Å²) < 4.78 is 5.81. The van der Waals surface area contributed by atoms with Crippen molar-refractivity contribution >= 4 is 0 Å². The van der Waals surface area contributed by atoms with Gasteiger partial charge in [0.15, 0.2) is 0 Å². The fourth-order valence-electron chi connectivity index (χ4n) is 2.96. The molecule has 0 rings (SSSR count). The lowest BCUT2D eigenvalue weighted by Gasteiger charge is -2.36. The maximum absolute atomic E-state index is 5.81. The Morgan fingerprint density at radius 2 is 1.43 bits per heavy atom. The number of ether oxygens (including phenoxy) is 1. The van der Waals surface area contributed by atoms with Gasteiger partial charge in [0.1, 0.15) is 0 Å². The first kappa shape index (κ1) is 20.9. The fourth-order valence-corrected chi connectivity index (χ4v) is 2.96. The molecule has 0 aliphatic heterocycles. The third kappa shape index (κ3) is 9.52. The summed E-state index contributed by atoms with van der Waals surface area (Å²) in [6, 6.07) is 0.493. The summed E-state index contributed by atoms with van der Waals surface area (Å²) in [4.78, 5) is 0. The fraction of sp³-hybridized carbons (Fsp3) is 1.00. The molecule has 128 valence electrons. The molecule has 0 heterocycles. The molecule has 2 atom stereocenters. The Hall–Kier alpha value is -0.0800. The number of hydrogen-bond acceptors (Lipinski definition) is 2. The monoisotopic (exact) mass is 299 g/mol. The van der Waals surface area contributed by atoms with Crippen molar-refractivity contribution in [2.45, 2.75) is 110 Å². The molecule has 0 saturated heterocycles. The zero-order valence-corrected chi connectivity index (χ0v) is 15.5. The highest BCUT2D eigenvalue weighted by molar-refractivity contribution is 4.88. The molecule has 0 aromatic carbocycles. The Balaban J connectivity index is 3.91. The van der Waals surface area contributed by atoms with Gasteiger partial charge in [-0.25, -0.2) is 0 Å². The molecule has 0 aromatic rings. The smallest absolute Gasteiger partial charge is 0.0800 e. The van der Waals surface area contributed by atoms with E-state index < -0.39 is 0 Å². The number of methoxy groups -OCH3 is 1. The van der Waals surface area contributed by atoms with Crippen molar-refractivity contribution in [2.75, 3.05) is 13.7 Å².